The minimum Gasteiger partial charge on any atom is -0.438 e. The third-order valence-corrected chi connectivity index (χ3v) is 3.79. The summed E-state index contributed by atoms with van der Waals surface area (Å²) >= 11 is 3.46. The first-order valence-corrected chi connectivity index (χ1v) is 7.62. The van der Waals surface area contributed by atoms with Crippen LogP contribution in [0.3, 0.4) is 0 Å². The van der Waals surface area contributed by atoms with Crippen molar-refractivity contribution in [3.63, 3.8) is 0 Å². The van der Waals surface area contributed by atoms with Crippen molar-refractivity contribution >= 4 is 26.8 Å². The van der Waals surface area contributed by atoms with Crippen LogP contribution in [-0.2, 0) is 0 Å². The lowest BCUT2D eigenvalue weighted by Gasteiger charge is -2.08. The van der Waals surface area contributed by atoms with Crippen molar-refractivity contribution in [2.75, 3.05) is 0 Å². The molecule has 0 spiro atoms. The van der Waals surface area contributed by atoms with Gasteiger partial charge in [-0.15, -0.1) is 0 Å². The van der Waals surface area contributed by atoms with Gasteiger partial charge in [-0.05, 0) is 42.5 Å². The topological polar surface area (TPSA) is 65.7 Å². The number of aromatic nitrogens is 5. The maximum absolute atomic E-state index is 5.90. The van der Waals surface area contributed by atoms with E-state index in [0.717, 1.165) is 21.1 Å². The van der Waals surface area contributed by atoms with E-state index in [9.17, 15) is 0 Å². The van der Waals surface area contributed by atoms with Crippen LogP contribution in [0.2, 0.25) is 0 Å². The van der Waals surface area contributed by atoms with E-state index in [1.54, 1.807) is 11.0 Å². The van der Waals surface area contributed by atoms with Crippen molar-refractivity contribution in [2.45, 2.75) is 0 Å². The molecule has 0 N–H and O–H groups in total. The van der Waals surface area contributed by atoms with Gasteiger partial charge in [0.25, 0.3) is 0 Å². The highest BCUT2D eigenvalue weighted by molar-refractivity contribution is 9.10. The monoisotopic (exact) mass is 367 g/mol. The number of benzene rings is 2. The van der Waals surface area contributed by atoms with Crippen LogP contribution in [0.25, 0.3) is 16.6 Å². The van der Waals surface area contributed by atoms with E-state index in [2.05, 4.69) is 36.0 Å². The van der Waals surface area contributed by atoms with Gasteiger partial charge in [-0.1, -0.05) is 15.9 Å². The Labute approximate surface area is 139 Å². The predicted molar refractivity (Wildman–Crippen MR) is 88.7 cm³/mol. The van der Waals surface area contributed by atoms with E-state index in [-0.39, 0.29) is 0 Å². The van der Waals surface area contributed by atoms with Crippen molar-refractivity contribution in [1.82, 2.24) is 24.7 Å². The van der Waals surface area contributed by atoms with Crippen molar-refractivity contribution < 1.29 is 4.74 Å². The summed E-state index contributed by atoms with van der Waals surface area (Å²) in [6, 6.07) is 13.3. The molecule has 23 heavy (non-hydrogen) atoms. The SMILES string of the molecule is Brc1ccc2ncnc(Oc3ccc(-n4cncn4)cc3)c2c1. The van der Waals surface area contributed by atoms with E-state index >= 15 is 0 Å². The van der Waals surface area contributed by atoms with Crippen LogP contribution in [0, 0.1) is 0 Å². The first-order valence-electron chi connectivity index (χ1n) is 6.83. The molecule has 0 aliphatic carbocycles. The summed E-state index contributed by atoms with van der Waals surface area (Å²) in [5.41, 5.74) is 1.74. The molecule has 2 aromatic carbocycles. The van der Waals surface area contributed by atoms with Gasteiger partial charge in [0.1, 0.15) is 24.7 Å². The van der Waals surface area contributed by atoms with E-state index in [4.69, 9.17) is 4.74 Å². The first-order chi connectivity index (χ1) is 11.3. The second-order valence-electron chi connectivity index (χ2n) is 4.78. The maximum Gasteiger partial charge on any atom is 0.230 e. The van der Waals surface area contributed by atoms with Gasteiger partial charge >= 0.3 is 0 Å². The molecule has 7 heteroatoms. The zero-order chi connectivity index (χ0) is 15.6. The molecular weight excluding hydrogens is 358 g/mol. The fraction of sp³-hybridized carbons (Fsp3) is 0. The second-order valence-corrected chi connectivity index (χ2v) is 5.69. The molecule has 4 rings (SSSR count). The van der Waals surface area contributed by atoms with E-state index in [1.807, 2.05) is 42.5 Å². The number of halogens is 1. The molecule has 2 heterocycles. The molecule has 0 radical (unpaired) electrons. The summed E-state index contributed by atoms with van der Waals surface area (Å²) in [5, 5.41) is 4.94. The highest BCUT2D eigenvalue weighted by Crippen LogP contribution is 2.29. The quantitative estimate of drug-likeness (QED) is 0.551. The zero-order valence-corrected chi connectivity index (χ0v) is 13.4. The molecule has 0 aliphatic rings. The Balaban J connectivity index is 1.67. The van der Waals surface area contributed by atoms with Gasteiger partial charge in [0, 0.05) is 4.47 Å². The second kappa shape index (κ2) is 5.77. The van der Waals surface area contributed by atoms with Crippen molar-refractivity contribution in [1.29, 1.82) is 0 Å². The molecule has 0 saturated heterocycles. The molecule has 112 valence electrons. The Kier molecular flexibility index (Phi) is 3.47. The van der Waals surface area contributed by atoms with Crippen LogP contribution in [0.1, 0.15) is 0 Å². The number of hydrogen-bond donors (Lipinski definition) is 0. The van der Waals surface area contributed by atoms with Crippen molar-refractivity contribution in [2.24, 2.45) is 0 Å². The molecule has 0 aliphatic heterocycles. The van der Waals surface area contributed by atoms with Crippen molar-refractivity contribution in [3.05, 3.63) is 65.9 Å². The lowest BCUT2D eigenvalue weighted by atomic mass is 10.2. The van der Waals surface area contributed by atoms with Gasteiger partial charge in [-0.25, -0.2) is 19.6 Å². The highest BCUT2D eigenvalue weighted by Gasteiger charge is 2.07. The van der Waals surface area contributed by atoms with Gasteiger partial charge in [-0.2, -0.15) is 5.10 Å². The average molecular weight is 368 g/mol. The van der Waals surface area contributed by atoms with E-state index < -0.39 is 0 Å². The molecule has 0 fully saturated rings. The summed E-state index contributed by atoms with van der Waals surface area (Å²) in [4.78, 5) is 12.4. The Morgan fingerprint density at radius 1 is 0.957 bits per heavy atom. The molecule has 0 bridgehead atoms. The van der Waals surface area contributed by atoms with Gasteiger partial charge in [-0.3, -0.25) is 0 Å². The number of fused-ring (bicyclic) bond motifs is 1. The molecule has 0 amide bonds. The minimum absolute atomic E-state index is 0.518. The molecule has 0 atom stereocenters. The smallest absolute Gasteiger partial charge is 0.230 e. The first kappa shape index (κ1) is 13.8. The average Bonchev–Trinajstić information content (AvgIpc) is 3.11. The summed E-state index contributed by atoms with van der Waals surface area (Å²) in [6.07, 6.45) is 4.63. The normalized spacial score (nSPS) is 10.8. The maximum atomic E-state index is 5.90. The third kappa shape index (κ3) is 2.78. The highest BCUT2D eigenvalue weighted by atomic mass is 79.9. The molecule has 2 aromatic heterocycles. The molecular formula is C16H10BrN5O. The number of hydrogen-bond acceptors (Lipinski definition) is 5. The summed E-state index contributed by atoms with van der Waals surface area (Å²) in [7, 11) is 0. The largest absolute Gasteiger partial charge is 0.438 e. The molecule has 4 aromatic rings. The Morgan fingerprint density at radius 2 is 1.83 bits per heavy atom. The van der Waals surface area contributed by atoms with Gasteiger partial charge < -0.3 is 4.74 Å². The van der Waals surface area contributed by atoms with Crippen LogP contribution in [0.4, 0.5) is 0 Å². The number of rotatable bonds is 3. The number of ether oxygens (including phenoxy) is 1. The fourth-order valence-electron chi connectivity index (χ4n) is 2.21. The summed E-state index contributed by atoms with van der Waals surface area (Å²) in [6.45, 7) is 0. The van der Waals surface area contributed by atoms with Crippen LogP contribution in [-0.4, -0.2) is 24.7 Å². The van der Waals surface area contributed by atoms with Crippen LogP contribution < -0.4 is 4.74 Å². The van der Waals surface area contributed by atoms with Crippen LogP contribution in [0.15, 0.2) is 65.9 Å². The predicted octanol–water partition coefficient (Wildman–Crippen LogP) is 3.77. The van der Waals surface area contributed by atoms with Crippen molar-refractivity contribution in [3.8, 4) is 17.3 Å². The van der Waals surface area contributed by atoms with E-state index in [0.29, 0.717) is 11.6 Å². The molecule has 6 nitrogen and oxygen atoms in total. The Morgan fingerprint density at radius 3 is 2.61 bits per heavy atom. The fourth-order valence-corrected chi connectivity index (χ4v) is 2.57. The summed E-state index contributed by atoms with van der Waals surface area (Å²) in [5.74, 6) is 1.21. The zero-order valence-electron chi connectivity index (χ0n) is 11.8. The van der Waals surface area contributed by atoms with Crippen LogP contribution in [0.5, 0.6) is 11.6 Å². The lowest BCUT2D eigenvalue weighted by molar-refractivity contribution is 0.468. The van der Waals surface area contributed by atoms with Gasteiger partial charge in [0.15, 0.2) is 0 Å². The Hall–Kier alpha value is -2.80. The minimum atomic E-state index is 0.518. The summed E-state index contributed by atoms with van der Waals surface area (Å²) < 4.78 is 8.53. The third-order valence-electron chi connectivity index (χ3n) is 3.30. The van der Waals surface area contributed by atoms with E-state index in [1.165, 1.54) is 12.7 Å². The van der Waals surface area contributed by atoms with Gasteiger partial charge in [0.05, 0.1) is 16.6 Å². The molecule has 0 saturated carbocycles. The Bertz CT molecular complexity index is 954. The van der Waals surface area contributed by atoms with Crippen LogP contribution >= 0.6 is 15.9 Å². The molecule has 0 unspecified atom stereocenters. The lowest BCUT2D eigenvalue weighted by Crippen LogP contribution is -1.95. The van der Waals surface area contributed by atoms with Gasteiger partial charge in [0.2, 0.25) is 5.88 Å². The number of nitrogens with zero attached hydrogens (tertiary/aromatic N) is 5. The standard InChI is InChI=1S/C16H10BrN5O/c17-11-1-6-15-14(7-11)16(20-9-19-15)23-13-4-2-12(3-5-13)22-10-18-8-21-22/h1-10H.